The highest BCUT2D eigenvalue weighted by Crippen LogP contribution is 2.04. The van der Waals surface area contributed by atoms with E-state index in [9.17, 15) is 4.79 Å². The van der Waals surface area contributed by atoms with Gasteiger partial charge in [-0.2, -0.15) is 0 Å². The van der Waals surface area contributed by atoms with Crippen LogP contribution in [-0.2, 0) is 18.4 Å². The summed E-state index contributed by atoms with van der Waals surface area (Å²) in [5, 5.41) is 16.7. The van der Waals surface area contributed by atoms with E-state index in [2.05, 4.69) is 10.3 Å². The zero-order chi connectivity index (χ0) is 12.1. The normalized spacial score (nSPS) is 13.0. The number of hydrogen-bond donors (Lipinski definition) is 1. The molecule has 1 heterocycles. The van der Waals surface area contributed by atoms with E-state index in [0.29, 0.717) is 13.1 Å². The molecule has 1 aromatic rings. The zero-order valence-electron chi connectivity index (χ0n) is 9.92. The van der Waals surface area contributed by atoms with E-state index < -0.39 is 5.97 Å². The van der Waals surface area contributed by atoms with Crippen LogP contribution in [0.4, 0.5) is 0 Å². The standard InChI is InChI=1S/C10H18N4O2/c1-4-14(5-8(2)10(15)16)7-9-6-13(3)12-11-9/h6,8H,4-5,7H2,1-3H3,(H,15,16). The van der Waals surface area contributed by atoms with Crippen LogP contribution >= 0.6 is 0 Å². The molecule has 0 aromatic carbocycles. The van der Waals surface area contributed by atoms with Crippen LogP contribution in [0.3, 0.4) is 0 Å². The predicted octanol–water partition coefficient (Wildman–Crippen LogP) is 0.358. The first-order chi connectivity index (χ1) is 7.52. The zero-order valence-corrected chi connectivity index (χ0v) is 9.92. The molecule has 0 aliphatic heterocycles. The van der Waals surface area contributed by atoms with Gasteiger partial charge in [-0.3, -0.25) is 14.4 Å². The van der Waals surface area contributed by atoms with Crippen molar-refractivity contribution < 1.29 is 9.90 Å². The molecule has 1 unspecified atom stereocenters. The van der Waals surface area contributed by atoms with Crippen molar-refractivity contribution in [1.29, 1.82) is 0 Å². The van der Waals surface area contributed by atoms with Gasteiger partial charge in [0.1, 0.15) is 0 Å². The number of hydrogen-bond acceptors (Lipinski definition) is 4. The summed E-state index contributed by atoms with van der Waals surface area (Å²) in [4.78, 5) is 12.8. The Morgan fingerprint density at radius 1 is 1.69 bits per heavy atom. The van der Waals surface area contributed by atoms with Crippen LogP contribution in [0.1, 0.15) is 19.5 Å². The Hall–Kier alpha value is -1.43. The predicted molar refractivity (Wildman–Crippen MR) is 58.8 cm³/mol. The second-order valence-electron chi connectivity index (χ2n) is 3.95. The highest BCUT2D eigenvalue weighted by Gasteiger charge is 2.16. The number of rotatable bonds is 6. The number of aryl methyl sites for hydroxylation is 1. The lowest BCUT2D eigenvalue weighted by atomic mass is 10.1. The molecular weight excluding hydrogens is 208 g/mol. The number of carboxylic acid groups (broad SMARTS) is 1. The van der Waals surface area contributed by atoms with E-state index in [1.54, 1.807) is 11.6 Å². The van der Waals surface area contributed by atoms with Crippen LogP contribution in [0.25, 0.3) is 0 Å². The van der Waals surface area contributed by atoms with Crippen molar-refractivity contribution in [3.05, 3.63) is 11.9 Å². The molecule has 0 aliphatic rings. The topological polar surface area (TPSA) is 71.2 Å². The molecule has 1 rings (SSSR count). The number of aromatic nitrogens is 3. The molecule has 0 saturated carbocycles. The second-order valence-corrected chi connectivity index (χ2v) is 3.95. The molecule has 6 heteroatoms. The average molecular weight is 226 g/mol. The third-order valence-corrected chi connectivity index (χ3v) is 2.44. The fourth-order valence-corrected chi connectivity index (χ4v) is 1.47. The Morgan fingerprint density at radius 3 is 2.81 bits per heavy atom. The van der Waals surface area contributed by atoms with Gasteiger partial charge in [-0.15, -0.1) is 5.10 Å². The van der Waals surface area contributed by atoms with Crippen LogP contribution in [0.2, 0.25) is 0 Å². The summed E-state index contributed by atoms with van der Waals surface area (Å²) in [7, 11) is 1.81. The molecule has 1 N–H and O–H groups in total. The van der Waals surface area contributed by atoms with Crippen LogP contribution < -0.4 is 0 Å². The van der Waals surface area contributed by atoms with Crippen LogP contribution in [-0.4, -0.2) is 44.1 Å². The minimum absolute atomic E-state index is 0.364. The Bertz CT molecular complexity index is 350. The van der Waals surface area contributed by atoms with Crippen molar-refractivity contribution in [2.75, 3.05) is 13.1 Å². The highest BCUT2D eigenvalue weighted by atomic mass is 16.4. The summed E-state index contributed by atoms with van der Waals surface area (Å²) in [6.45, 7) is 5.69. The molecule has 16 heavy (non-hydrogen) atoms. The smallest absolute Gasteiger partial charge is 0.307 e. The maximum atomic E-state index is 10.7. The van der Waals surface area contributed by atoms with E-state index in [1.807, 2.05) is 25.1 Å². The van der Waals surface area contributed by atoms with E-state index in [0.717, 1.165) is 12.2 Å². The minimum atomic E-state index is -0.766. The maximum absolute atomic E-state index is 10.7. The monoisotopic (exact) mass is 226 g/mol. The third-order valence-electron chi connectivity index (χ3n) is 2.44. The Labute approximate surface area is 94.9 Å². The summed E-state index contributed by atoms with van der Waals surface area (Å²) < 4.78 is 1.64. The molecule has 0 amide bonds. The summed E-state index contributed by atoms with van der Waals surface area (Å²) in [5.74, 6) is -1.13. The number of aliphatic carboxylic acids is 1. The highest BCUT2D eigenvalue weighted by molar-refractivity contribution is 5.69. The van der Waals surface area contributed by atoms with Gasteiger partial charge in [-0.25, -0.2) is 0 Å². The second kappa shape index (κ2) is 5.60. The van der Waals surface area contributed by atoms with Gasteiger partial charge in [0.15, 0.2) is 0 Å². The average Bonchev–Trinajstić information content (AvgIpc) is 2.62. The fourth-order valence-electron chi connectivity index (χ4n) is 1.47. The summed E-state index contributed by atoms with van der Waals surface area (Å²) >= 11 is 0. The molecule has 1 atom stereocenters. The van der Waals surface area contributed by atoms with E-state index in [1.165, 1.54) is 0 Å². The Morgan fingerprint density at radius 2 is 2.38 bits per heavy atom. The van der Waals surface area contributed by atoms with Crippen molar-refractivity contribution >= 4 is 5.97 Å². The molecule has 0 radical (unpaired) electrons. The first kappa shape index (κ1) is 12.6. The summed E-state index contributed by atoms with van der Waals surface area (Å²) in [6.07, 6.45) is 1.84. The van der Waals surface area contributed by atoms with E-state index in [-0.39, 0.29) is 5.92 Å². The molecular formula is C10H18N4O2. The Kier molecular flexibility index (Phi) is 4.42. The van der Waals surface area contributed by atoms with Gasteiger partial charge in [0.05, 0.1) is 11.6 Å². The van der Waals surface area contributed by atoms with Gasteiger partial charge in [0.2, 0.25) is 0 Å². The third kappa shape index (κ3) is 3.62. The van der Waals surface area contributed by atoms with Gasteiger partial charge in [-0.1, -0.05) is 19.1 Å². The van der Waals surface area contributed by atoms with Gasteiger partial charge < -0.3 is 5.11 Å². The van der Waals surface area contributed by atoms with E-state index in [4.69, 9.17) is 5.11 Å². The number of carboxylic acids is 1. The fraction of sp³-hybridized carbons (Fsp3) is 0.700. The summed E-state index contributed by atoms with van der Waals surface area (Å²) in [6, 6.07) is 0. The molecule has 0 saturated heterocycles. The van der Waals surface area contributed by atoms with Gasteiger partial charge in [0.25, 0.3) is 0 Å². The van der Waals surface area contributed by atoms with Crippen LogP contribution in [0.15, 0.2) is 6.20 Å². The molecule has 0 spiro atoms. The molecule has 0 bridgehead atoms. The molecule has 1 aromatic heterocycles. The maximum Gasteiger partial charge on any atom is 0.307 e. The van der Waals surface area contributed by atoms with Gasteiger partial charge in [-0.05, 0) is 6.54 Å². The van der Waals surface area contributed by atoms with Crippen molar-refractivity contribution in [2.24, 2.45) is 13.0 Å². The lowest BCUT2D eigenvalue weighted by Gasteiger charge is -2.20. The molecule has 6 nitrogen and oxygen atoms in total. The largest absolute Gasteiger partial charge is 0.481 e. The van der Waals surface area contributed by atoms with Crippen molar-refractivity contribution in [3.8, 4) is 0 Å². The molecule has 90 valence electrons. The minimum Gasteiger partial charge on any atom is -0.481 e. The first-order valence-corrected chi connectivity index (χ1v) is 5.33. The lowest BCUT2D eigenvalue weighted by Crippen LogP contribution is -2.31. The van der Waals surface area contributed by atoms with E-state index >= 15 is 0 Å². The summed E-state index contributed by atoms with van der Waals surface area (Å²) in [5.41, 5.74) is 0.863. The first-order valence-electron chi connectivity index (χ1n) is 5.33. The number of nitrogens with zero attached hydrogens (tertiary/aromatic N) is 4. The quantitative estimate of drug-likeness (QED) is 0.758. The van der Waals surface area contributed by atoms with Crippen LogP contribution in [0.5, 0.6) is 0 Å². The molecule has 0 fully saturated rings. The molecule has 0 aliphatic carbocycles. The van der Waals surface area contributed by atoms with Crippen LogP contribution in [0, 0.1) is 5.92 Å². The lowest BCUT2D eigenvalue weighted by molar-refractivity contribution is -0.141. The van der Waals surface area contributed by atoms with Crippen molar-refractivity contribution in [1.82, 2.24) is 19.9 Å². The SMILES string of the molecule is CCN(Cc1cn(C)nn1)CC(C)C(=O)O. The van der Waals surface area contributed by atoms with Gasteiger partial charge in [0, 0.05) is 26.3 Å². The van der Waals surface area contributed by atoms with Crippen molar-refractivity contribution in [3.63, 3.8) is 0 Å². The Balaban J connectivity index is 2.52. The van der Waals surface area contributed by atoms with Crippen molar-refractivity contribution in [2.45, 2.75) is 20.4 Å². The number of carbonyl (C=O) groups is 1. The van der Waals surface area contributed by atoms with Gasteiger partial charge >= 0.3 is 5.97 Å².